The van der Waals surface area contributed by atoms with Crippen molar-refractivity contribution in [1.82, 2.24) is 0 Å². The lowest BCUT2D eigenvalue weighted by Gasteiger charge is -2.12. The second-order valence-electron chi connectivity index (χ2n) is 5.28. The summed E-state index contributed by atoms with van der Waals surface area (Å²) < 4.78 is 11.2. The van der Waals surface area contributed by atoms with Crippen molar-refractivity contribution in [3.05, 3.63) is 95.8 Å². The minimum Gasteiger partial charge on any atom is -0.456 e. The molecule has 116 valence electrons. The molecule has 0 saturated carbocycles. The molecule has 0 amide bonds. The first-order chi connectivity index (χ1) is 11.1. The Hall–Kier alpha value is -2.92. The van der Waals surface area contributed by atoms with Crippen LogP contribution >= 0.6 is 0 Å². The Labute approximate surface area is 137 Å². The zero-order valence-corrected chi connectivity index (χ0v) is 13.6. The van der Waals surface area contributed by atoms with Gasteiger partial charge in [0.1, 0.15) is 24.0 Å². The Morgan fingerprint density at radius 2 is 1.26 bits per heavy atom. The number of rotatable bonds is 6. The van der Waals surface area contributed by atoms with Crippen LogP contribution < -0.4 is 9.47 Å². The summed E-state index contributed by atoms with van der Waals surface area (Å²) in [6.07, 6.45) is 3.62. The SMILES string of the molecule is C=C=COc1cc(C)ccc1Cc1ccc(C)cc1OC=C=C. The molecule has 2 heteroatoms. The zero-order chi connectivity index (χ0) is 16.7. The van der Waals surface area contributed by atoms with E-state index >= 15 is 0 Å². The van der Waals surface area contributed by atoms with Gasteiger partial charge in [-0.05, 0) is 48.2 Å². The van der Waals surface area contributed by atoms with Gasteiger partial charge >= 0.3 is 0 Å². The summed E-state index contributed by atoms with van der Waals surface area (Å²) in [5.41, 5.74) is 9.67. The summed E-state index contributed by atoms with van der Waals surface area (Å²) in [4.78, 5) is 0. The Kier molecular flexibility index (Phi) is 5.66. The Morgan fingerprint density at radius 1 is 0.826 bits per heavy atom. The van der Waals surface area contributed by atoms with Crippen molar-refractivity contribution >= 4 is 0 Å². The predicted octanol–water partition coefficient (Wildman–Crippen LogP) is 5.25. The molecule has 0 saturated heterocycles. The van der Waals surface area contributed by atoms with Crippen LogP contribution in [0.3, 0.4) is 0 Å². The van der Waals surface area contributed by atoms with Gasteiger partial charge in [0.05, 0.1) is 0 Å². The first-order valence-electron chi connectivity index (χ1n) is 7.35. The van der Waals surface area contributed by atoms with Gasteiger partial charge in [-0.25, -0.2) is 0 Å². The van der Waals surface area contributed by atoms with Gasteiger partial charge in [0.2, 0.25) is 0 Å². The fourth-order valence-electron chi connectivity index (χ4n) is 2.25. The quantitative estimate of drug-likeness (QED) is 0.536. The average Bonchev–Trinajstić information content (AvgIpc) is 2.54. The fraction of sp³-hybridized carbons (Fsp3) is 0.143. The number of aryl methyl sites for hydroxylation is 2. The van der Waals surface area contributed by atoms with Gasteiger partial charge in [0.25, 0.3) is 0 Å². The Balaban J connectivity index is 2.38. The largest absolute Gasteiger partial charge is 0.456 e. The van der Waals surface area contributed by atoms with Gasteiger partial charge < -0.3 is 9.47 Å². The third-order valence-electron chi connectivity index (χ3n) is 3.36. The second kappa shape index (κ2) is 7.91. The second-order valence-corrected chi connectivity index (χ2v) is 5.28. The van der Waals surface area contributed by atoms with Gasteiger partial charge in [0.15, 0.2) is 0 Å². The van der Waals surface area contributed by atoms with E-state index in [1.165, 1.54) is 12.5 Å². The lowest BCUT2D eigenvalue weighted by molar-refractivity contribution is 0.470. The van der Waals surface area contributed by atoms with Gasteiger partial charge in [0, 0.05) is 6.42 Å². The Bertz CT molecular complexity index is 722. The van der Waals surface area contributed by atoms with Gasteiger partial charge in [-0.1, -0.05) is 48.9 Å². The van der Waals surface area contributed by atoms with E-state index in [9.17, 15) is 0 Å². The molecule has 0 spiro atoms. The number of hydrogen-bond donors (Lipinski definition) is 0. The molecule has 0 heterocycles. The van der Waals surface area contributed by atoms with E-state index in [2.05, 4.69) is 48.9 Å². The monoisotopic (exact) mass is 304 g/mol. The standard InChI is InChI=1S/C21H20O2/c1-5-11-22-20-13-16(3)7-9-18(20)15-19-10-8-17(4)14-21(19)23-12-6-2/h7-14H,1-2,15H2,3-4H3. The molecule has 0 unspecified atom stereocenters. The highest BCUT2D eigenvalue weighted by Gasteiger charge is 2.09. The number of benzene rings is 2. The summed E-state index contributed by atoms with van der Waals surface area (Å²) in [6.45, 7) is 11.1. The van der Waals surface area contributed by atoms with Crippen LogP contribution in [0.15, 0.2) is 73.5 Å². The third kappa shape index (κ3) is 4.52. The minimum atomic E-state index is 0.696. The van der Waals surface area contributed by atoms with Gasteiger partial charge in [-0.15, -0.1) is 0 Å². The zero-order valence-electron chi connectivity index (χ0n) is 13.6. The maximum absolute atomic E-state index is 5.61. The van der Waals surface area contributed by atoms with E-state index < -0.39 is 0 Å². The number of ether oxygens (including phenoxy) is 2. The van der Waals surface area contributed by atoms with Gasteiger partial charge in [-0.2, -0.15) is 0 Å². The van der Waals surface area contributed by atoms with Crippen molar-refractivity contribution in [3.63, 3.8) is 0 Å². The topological polar surface area (TPSA) is 18.5 Å². The van der Waals surface area contributed by atoms with Crippen LogP contribution in [0.1, 0.15) is 22.3 Å². The van der Waals surface area contributed by atoms with Crippen LogP contribution in [0.2, 0.25) is 0 Å². The summed E-state index contributed by atoms with van der Waals surface area (Å²) in [7, 11) is 0. The van der Waals surface area contributed by atoms with E-state index in [1.54, 1.807) is 0 Å². The van der Waals surface area contributed by atoms with Crippen LogP contribution in [0, 0.1) is 13.8 Å². The third-order valence-corrected chi connectivity index (χ3v) is 3.36. The smallest absolute Gasteiger partial charge is 0.133 e. The summed E-state index contributed by atoms with van der Waals surface area (Å²) in [5, 5.41) is 0. The number of hydrogen-bond acceptors (Lipinski definition) is 2. The van der Waals surface area contributed by atoms with Crippen molar-refractivity contribution < 1.29 is 9.47 Å². The highest BCUT2D eigenvalue weighted by Crippen LogP contribution is 2.28. The van der Waals surface area contributed by atoms with E-state index in [0.717, 1.165) is 33.8 Å². The molecular formula is C21H20O2. The summed E-state index contributed by atoms with van der Waals surface area (Å²) in [6, 6.07) is 12.3. The molecule has 0 radical (unpaired) electrons. The van der Waals surface area contributed by atoms with Crippen LogP contribution in [-0.4, -0.2) is 0 Å². The van der Waals surface area contributed by atoms with Crippen molar-refractivity contribution in [2.75, 3.05) is 0 Å². The van der Waals surface area contributed by atoms with E-state index in [4.69, 9.17) is 9.47 Å². The predicted molar refractivity (Wildman–Crippen MR) is 93.8 cm³/mol. The molecule has 2 rings (SSSR count). The van der Waals surface area contributed by atoms with Crippen LogP contribution in [-0.2, 0) is 6.42 Å². The minimum absolute atomic E-state index is 0.696. The van der Waals surface area contributed by atoms with Crippen LogP contribution in [0.4, 0.5) is 0 Å². The van der Waals surface area contributed by atoms with Crippen molar-refractivity contribution in [2.45, 2.75) is 20.3 Å². The maximum atomic E-state index is 5.61. The Morgan fingerprint density at radius 3 is 1.65 bits per heavy atom. The average molecular weight is 304 g/mol. The molecule has 0 aliphatic heterocycles. The molecule has 0 N–H and O–H groups in total. The first-order valence-corrected chi connectivity index (χ1v) is 7.35. The summed E-state index contributed by atoms with van der Waals surface area (Å²) in [5.74, 6) is 1.60. The van der Waals surface area contributed by atoms with E-state index in [-0.39, 0.29) is 0 Å². The van der Waals surface area contributed by atoms with E-state index in [0.29, 0.717) is 6.42 Å². The highest BCUT2D eigenvalue weighted by molar-refractivity contribution is 5.45. The molecule has 23 heavy (non-hydrogen) atoms. The molecule has 2 aromatic rings. The normalized spacial score (nSPS) is 9.48. The molecule has 0 bridgehead atoms. The van der Waals surface area contributed by atoms with Crippen molar-refractivity contribution in [1.29, 1.82) is 0 Å². The molecule has 0 fully saturated rings. The molecule has 0 aliphatic carbocycles. The lowest BCUT2D eigenvalue weighted by Crippen LogP contribution is -1.97. The van der Waals surface area contributed by atoms with Crippen molar-refractivity contribution in [3.8, 4) is 11.5 Å². The molecule has 0 aliphatic rings. The van der Waals surface area contributed by atoms with Crippen LogP contribution in [0.25, 0.3) is 0 Å². The fourth-order valence-corrected chi connectivity index (χ4v) is 2.25. The summed E-state index contributed by atoms with van der Waals surface area (Å²) >= 11 is 0. The maximum Gasteiger partial charge on any atom is 0.133 e. The lowest BCUT2D eigenvalue weighted by atomic mass is 10.0. The molecule has 0 atom stereocenters. The molecular weight excluding hydrogens is 284 g/mol. The van der Waals surface area contributed by atoms with Gasteiger partial charge in [-0.3, -0.25) is 0 Å². The van der Waals surface area contributed by atoms with E-state index in [1.807, 2.05) is 26.0 Å². The highest BCUT2D eigenvalue weighted by atomic mass is 16.5. The van der Waals surface area contributed by atoms with Crippen molar-refractivity contribution in [2.24, 2.45) is 0 Å². The molecule has 0 aromatic heterocycles. The van der Waals surface area contributed by atoms with Crippen LogP contribution in [0.5, 0.6) is 11.5 Å². The molecule has 2 aromatic carbocycles. The first kappa shape index (κ1) is 16.5. The molecule has 2 nitrogen and oxygen atoms in total.